The first-order valence-electron chi connectivity index (χ1n) is 4.39. The van der Waals surface area contributed by atoms with Gasteiger partial charge in [0.25, 0.3) is 0 Å². The second kappa shape index (κ2) is 4.69. The molecule has 0 aliphatic heterocycles. The van der Waals surface area contributed by atoms with E-state index in [-0.39, 0.29) is 0 Å². The number of rotatable bonds is 3. The van der Waals surface area contributed by atoms with E-state index < -0.39 is 0 Å². The van der Waals surface area contributed by atoms with Gasteiger partial charge in [-0.1, -0.05) is 37.5 Å². The average molecular weight is 173 g/mol. The molecule has 0 aliphatic rings. The summed E-state index contributed by atoms with van der Waals surface area (Å²) in [4.78, 5) is 0. The fourth-order valence-electron chi connectivity index (χ4n) is 1.38. The normalized spacial score (nSPS) is 9.62. The summed E-state index contributed by atoms with van der Waals surface area (Å²) in [5.41, 5.74) is 2.67. The number of aryl methyl sites for hydroxylation is 1. The van der Waals surface area contributed by atoms with Crippen molar-refractivity contribution in [1.82, 2.24) is 0 Å². The predicted octanol–water partition coefficient (Wildman–Crippen LogP) is 2.50. The van der Waals surface area contributed by atoms with E-state index >= 15 is 0 Å². The van der Waals surface area contributed by atoms with Crippen LogP contribution in [0.25, 0.3) is 0 Å². The second-order valence-electron chi connectivity index (χ2n) is 2.90. The lowest BCUT2D eigenvalue weighted by Crippen LogP contribution is -1.94. The predicted molar refractivity (Wildman–Crippen MR) is 53.7 cm³/mol. The van der Waals surface area contributed by atoms with E-state index in [0.29, 0.717) is 0 Å². The quantitative estimate of drug-likeness (QED) is 0.696. The van der Waals surface area contributed by atoms with Crippen LogP contribution in [0.4, 0.5) is 0 Å². The number of benzene rings is 1. The number of hydrogen-bond donors (Lipinski definition) is 1. The molecule has 0 amide bonds. The van der Waals surface area contributed by atoms with Gasteiger partial charge in [-0.3, -0.25) is 0 Å². The third kappa shape index (κ3) is 2.11. The summed E-state index contributed by atoms with van der Waals surface area (Å²) >= 11 is 0. The SMILES string of the molecule is C#Cc1c([CH]O)cccc1CCC. The molecule has 1 aromatic carbocycles. The van der Waals surface area contributed by atoms with Crippen LogP contribution in [0.15, 0.2) is 18.2 Å². The minimum atomic E-state index is 0.730. The Labute approximate surface area is 79.4 Å². The lowest BCUT2D eigenvalue weighted by Gasteiger charge is -2.06. The van der Waals surface area contributed by atoms with Crippen molar-refractivity contribution in [1.29, 1.82) is 0 Å². The molecule has 1 aromatic rings. The zero-order valence-corrected chi connectivity index (χ0v) is 7.75. The van der Waals surface area contributed by atoms with Crippen molar-refractivity contribution in [3.8, 4) is 12.3 Å². The van der Waals surface area contributed by atoms with Crippen molar-refractivity contribution in [2.75, 3.05) is 0 Å². The molecule has 0 aromatic heterocycles. The molecule has 1 rings (SSSR count). The summed E-state index contributed by atoms with van der Waals surface area (Å²) in [5, 5.41) is 8.92. The highest BCUT2D eigenvalue weighted by Gasteiger charge is 2.04. The highest BCUT2D eigenvalue weighted by Crippen LogP contribution is 2.16. The van der Waals surface area contributed by atoms with E-state index in [1.807, 2.05) is 18.2 Å². The van der Waals surface area contributed by atoms with Crippen LogP contribution >= 0.6 is 0 Å². The fourth-order valence-corrected chi connectivity index (χ4v) is 1.38. The van der Waals surface area contributed by atoms with E-state index in [1.54, 1.807) is 0 Å². The minimum Gasteiger partial charge on any atom is -0.385 e. The van der Waals surface area contributed by atoms with Crippen LogP contribution in [0.1, 0.15) is 30.0 Å². The Morgan fingerprint density at radius 2 is 2.31 bits per heavy atom. The van der Waals surface area contributed by atoms with Crippen molar-refractivity contribution in [3.05, 3.63) is 41.5 Å². The van der Waals surface area contributed by atoms with Crippen LogP contribution in [0.5, 0.6) is 0 Å². The number of aliphatic hydroxyl groups excluding tert-OH is 1. The maximum atomic E-state index is 8.92. The van der Waals surface area contributed by atoms with Crippen LogP contribution in [0.3, 0.4) is 0 Å². The molecule has 0 bridgehead atoms. The van der Waals surface area contributed by atoms with Gasteiger partial charge in [-0.15, -0.1) is 6.42 Å². The van der Waals surface area contributed by atoms with Crippen molar-refractivity contribution in [3.63, 3.8) is 0 Å². The summed E-state index contributed by atoms with van der Waals surface area (Å²) in [7, 11) is 0. The Morgan fingerprint density at radius 3 is 2.85 bits per heavy atom. The van der Waals surface area contributed by atoms with Crippen molar-refractivity contribution >= 4 is 0 Å². The van der Waals surface area contributed by atoms with Gasteiger partial charge in [-0.05, 0) is 17.5 Å². The molecular weight excluding hydrogens is 160 g/mol. The van der Waals surface area contributed by atoms with Gasteiger partial charge in [0.1, 0.15) is 6.61 Å². The Morgan fingerprint density at radius 1 is 1.54 bits per heavy atom. The largest absolute Gasteiger partial charge is 0.385 e. The third-order valence-electron chi connectivity index (χ3n) is 1.99. The number of terminal acetylenes is 1. The Balaban J connectivity index is 3.13. The Bertz CT molecular complexity index is 320. The van der Waals surface area contributed by atoms with Crippen molar-refractivity contribution in [2.45, 2.75) is 19.8 Å². The van der Waals surface area contributed by atoms with Crippen LogP contribution in [-0.2, 0) is 6.42 Å². The van der Waals surface area contributed by atoms with Gasteiger partial charge in [0.2, 0.25) is 0 Å². The molecule has 0 spiro atoms. The minimum absolute atomic E-state index is 0.730. The van der Waals surface area contributed by atoms with Crippen LogP contribution in [-0.4, -0.2) is 5.11 Å². The molecule has 1 heteroatoms. The molecule has 67 valence electrons. The average Bonchev–Trinajstić information content (AvgIpc) is 2.18. The fraction of sp³-hybridized carbons (Fsp3) is 0.250. The van der Waals surface area contributed by atoms with E-state index in [1.165, 1.54) is 0 Å². The molecule has 0 heterocycles. The van der Waals surface area contributed by atoms with E-state index in [9.17, 15) is 0 Å². The number of hydrogen-bond acceptors (Lipinski definition) is 1. The molecule has 0 unspecified atom stereocenters. The zero-order chi connectivity index (χ0) is 9.68. The monoisotopic (exact) mass is 173 g/mol. The van der Waals surface area contributed by atoms with Gasteiger partial charge >= 0.3 is 0 Å². The molecule has 0 saturated heterocycles. The maximum absolute atomic E-state index is 8.92. The van der Waals surface area contributed by atoms with Gasteiger partial charge in [0.05, 0.1) is 0 Å². The van der Waals surface area contributed by atoms with Gasteiger partial charge in [0.15, 0.2) is 0 Å². The molecule has 0 aliphatic carbocycles. The molecule has 1 nitrogen and oxygen atoms in total. The zero-order valence-electron chi connectivity index (χ0n) is 7.75. The molecule has 0 atom stereocenters. The number of aliphatic hydroxyl groups is 1. The lowest BCUT2D eigenvalue weighted by molar-refractivity contribution is 0.414. The van der Waals surface area contributed by atoms with Crippen LogP contribution in [0, 0.1) is 19.0 Å². The molecule has 1 radical (unpaired) electrons. The highest BCUT2D eigenvalue weighted by atomic mass is 16.3. The molecule has 0 fully saturated rings. The molecule has 13 heavy (non-hydrogen) atoms. The summed E-state index contributed by atoms with van der Waals surface area (Å²) in [6.45, 7) is 3.17. The first-order chi connectivity index (χ1) is 6.33. The second-order valence-corrected chi connectivity index (χ2v) is 2.90. The van der Waals surface area contributed by atoms with E-state index in [0.717, 1.165) is 36.1 Å². The van der Waals surface area contributed by atoms with Crippen LogP contribution in [0.2, 0.25) is 0 Å². The molecule has 0 saturated carbocycles. The van der Waals surface area contributed by atoms with Crippen molar-refractivity contribution < 1.29 is 5.11 Å². The topological polar surface area (TPSA) is 20.2 Å². The van der Waals surface area contributed by atoms with Gasteiger partial charge < -0.3 is 5.11 Å². The van der Waals surface area contributed by atoms with Gasteiger partial charge in [-0.2, -0.15) is 0 Å². The molecular formula is C12H13O. The Hall–Kier alpha value is -1.26. The van der Waals surface area contributed by atoms with E-state index in [2.05, 4.69) is 12.8 Å². The smallest absolute Gasteiger partial charge is 0.110 e. The van der Waals surface area contributed by atoms with Gasteiger partial charge in [-0.25, -0.2) is 0 Å². The molecule has 1 N–H and O–H groups in total. The van der Waals surface area contributed by atoms with Crippen molar-refractivity contribution in [2.24, 2.45) is 0 Å². The lowest BCUT2D eigenvalue weighted by atomic mass is 9.99. The summed E-state index contributed by atoms with van der Waals surface area (Å²) in [6, 6.07) is 5.73. The summed E-state index contributed by atoms with van der Waals surface area (Å²) in [5.74, 6) is 2.61. The van der Waals surface area contributed by atoms with Crippen LogP contribution < -0.4 is 0 Å². The first kappa shape index (κ1) is 9.83. The first-order valence-corrected chi connectivity index (χ1v) is 4.39. The summed E-state index contributed by atoms with van der Waals surface area (Å²) in [6.07, 6.45) is 7.39. The highest BCUT2D eigenvalue weighted by molar-refractivity contribution is 5.48. The van der Waals surface area contributed by atoms with E-state index in [4.69, 9.17) is 11.5 Å². The Kier molecular flexibility index (Phi) is 3.54. The summed E-state index contributed by atoms with van der Waals surface area (Å²) < 4.78 is 0. The third-order valence-corrected chi connectivity index (χ3v) is 1.99. The maximum Gasteiger partial charge on any atom is 0.110 e. The van der Waals surface area contributed by atoms with Gasteiger partial charge in [0, 0.05) is 5.56 Å². The standard InChI is InChI=1S/C12H13O/c1-3-6-10-7-5-8-11(9-13)12(10)4-2/h2,5,7-9,13H,3,6H2,1H3.